The third-order valence-corrected chi connectivity index (χ3v) is 5.27. The van der Waals surface area contributed by atoms with Crippen molar-refractivity contribution in [1.29, 1.82) is 0 Å². The number of sulfonamides is 1. The monoisotopic (exact) mass is 334 g/mol. The van der Waals surface area contributed by atoms with Gasteiger partial charge in [0.05, 0.1) is 11.4 Å². The van der Waals surface area contributed by atoms with Crippen molar-refractivity contribution in [2.45, 2.75) is 31.7 Å². The average molecular weight is 334 g/mol. The Balaban J connectivity index is 1.80. The molecule has 0 saturated heterocycles. The molecule has 1 aliphatic rings. The quantitative estimate of drug-likeness (QED) is 0.927. The SMILES string of the molecule is CC(=O)N1CCc2cc(S(=O)(=O)NCc3ccc(C)o3)ccc21. The van der Waals surface area contributed by atoms with Crippen LogP contribution in [0.4, 0.5) is 5.69 Å². The molecule has 23 heavy (non-hydrogen) atoms. The van der Waals surface area contributed by atoms with Crippen molar-refractivity contribution < 1.29 is 17.6 Å². The number of fused-ring (bicyclic) bond motifs is 1. The number of nitrogens with zero attached hydrogens (tertiary/aromatic N) is 1. The fraction of sp³-hybridized carbons (Fsp3) is 0.312. The van der Waals surface area contributed by atoms with E-state index in [0.29, 0.717) is 18.7 Å². The molecule has 1 aliphatic heterocycles. The lowest BCUT2D eigenvalue weighted by Gasteiger charge is -2.15. The first-order valence-corrected chi connectivity index (χ1v) is 8.81. The highest BCUT2D eigenvalue weighted by Crippen LogP contribution is 2.30. The van der Waals surface area contributed by atoms with Gasteiger partial charge in [-0.2, -0.15) is 0 Å². The Morgan fingerprint density at radius 1 is 1.30 bits per heavy atom. The van der Waals surface area contributed by atoms with E-state index in [2.05, 4.69) is 4.72 Å². The lowest BCUT2D eigenvalue weighted by atomic mass is 10.2. The van der Waals surface area contributed by atoms with E-state index in [1.54, 1.807) is 36.1 Å². The number of amides is 1. The number of rotatable bonds is 4. The number of anilines is 1. The maximum absolute atomic E-state index is 12.4. The van der Waals surface area contributed by atoms with Gasteiger partial charge in [-0.05, 0) is 49.2 Å². The molecule has 0 saturated carbocycles. The van der Waals surface area contributed by atoms with Crippen molar-refractivity contribution in [1.82, 2.24) is 4.72 Å². The van der Waals surface area contributed by atoms with E-state index in [1.165, 1.54) is 13.0 Å². The number of hydrogen-bond acceptors (Lipinski definition) is 4. The fourth-order valence-electron chi connectivity index (χ4n) is 2.70. The highest BCUT2D eigenvalue weighted by Gasteiger charge is 2.24. The van der Waals surface area contributed by atoms with Crippen LogP contribution < -0.4 is 9.62 Å². The van der Waals surface area contributed by atoms with Gasteiger partial charge < -0.3 is 9.32 Å². The van der Waals surface area contributed by atoms with Gasteiger partial charge in [-0.15, -0.1) is 0 Å². The Hall–Kier alpha value is -2.12. The smallest absolute Gasteiger partial charge is 0.240 e. The van der Waals surface area contributed by atoms with Crippen LogP contribution in [0.2, 0.25) is 0 Å². The van der Waals surface area contributed by atoms with Gasteiger partial charge in [0.1, 0.15) is 11.5 Å². The van der Waals surface area contributed by atoms with Gasteiger partial charge in [-0.3, -0.25) is 4.79 Å². The van der Waals surface area contributed by atoms with Crippen LogP contribution in [0.5, 0.6) is 0 Å². The van der Waals surface area contributed by atoms with E-state index in [-0.39, 0.29) is 17.3 Å². The minimum Gasteiger partial charge on any atom is -0.465 e. The van der Waals surface area contributed by atoms with Crippen LogP contribution in [0.25, 0.3) is 0 Å². The van der Waals surface area contributed by atoms with Crippen LogP contribution in [0.1, 0.15) is 24.0 Å². The van der Waals surface area contributed by atoms with Crippen molar-refractivity contribution in [3.05, 3.63) is 47.4 Å². The van der Waals surface area contributed by atoms with Gasteiger partial charge in [-0.25, -0.2) is 13.1 Å². The van der Waals surface area contributed by atoms with Gasteiger partial charge in [-0.1, -0.05) is 0 Å². The summed E-state index contributed by atoms with van der Waals surface area (Å²) < 4.78 is 32.7. The summed E-state index contributed by atoms with van der Waals surface area (Å²) in [7, 11) is -3.62. The van der Waals surface area contributed by atoms with E-state index >= 15 is 0 Å². The van der Waals surface area contributed by atoms with Crippen LogP contribution in [-0.2, 0) is 27.8 Å². The molecule has 1 amide bonds. The number of furan rings is 1. The van der Waals surface area contributed by atoms with Gasteiger partial charge in [0.15, 0.2) is 0 Å². The predicted molar refractivity (Wildman–Crippen MR) is 85.6 cm³/mol. The first-order valence-electron chi connectivity index (χ1n) is 7.33. The molecule has 6 nitrogen and oxygen atoms in total. The van der Waals surface area contributed by atoms with Gasteiger partial charge >= 0.3 is 0 Å². The highest BCUT2D eigenvalue weighted by molar-refractivity contribution is 7.89. The van der Waals surface area contributed by atoms with E-state index in [9.17, 15) is 13.2 Å². The second-order valence-corrected chi connectivity index (χ2v) is 7.32. The van der Waals surface area contributed by atoms with Gasteiger partial charge in [0.25, 0.3) is 0 Å². The second-order valence-electron chi connectivity index (χ2n) is 5.55. The van der Waals surface area contributed by atoms with E-state index in [4.69, 9.17) is 4.42 Å². The molecule has 122 valence electrons. The molecule has 3 rings (SSSR count). The Morgan fingerprint density at radius 2 is 2.09 bits per heavy atom. The zero-order chi connectivity index (χ0) is 16.6. The normalized spacial score (nSPS) is 14.1. The first kappa shape index (κ1) is 15.8. The van der Waals surface area contributed by atoms with Gasteiger partial charge in [0.2, 0.25) is 15.9 Å². The molecule has 1 aromatic heterocycles. The third-order valence-electron chi connectivity index (χ3n) is 3.87. The molecule has 0 unspecified atom stereocenters. The molecule has 1 N–H and O–H groups in total. The van der Waals surface area contributed by atoms with Crippen molar-refractivity contribution in [2.75, 3.05) is 11.4 Å². The second kappa shape index (κ2) is 5.82. The zero-order valence-electron chi connectivity index (χ0n) is 13.0. The molecule has 2 aromatic rings. The number of hydrogen-bond donors (Lipinski definition) is 1. The molecular formula is C16H18N2O4S. The Morgan fingerprint density at radius 3 is 2.74 bits per heavy atom. The molecule has 7 heteroatoms. The fourth-order valence-corrected chi connectivity index (χ4v) is 3.75. The lowest BCUT2D eigenvalue weighted by Crippen LogP contribution is -2.26. The molecular weight excluding hydrogens is 316 g/mol. The van der Waals surface area contributed by atoms with Crippen molar-refractivity contribution in [3.63, 3.8) is 0 Å². The van der Waals surface area contributed by atoms with Crippen LogP contribution in [-0.4, -0.2) is 20.9 Å². The van der Waals surface area contributed by atoms with Crippen LogP contribution in [0.15, 0.2) is 39.6 Å². The molecule has 0 atom stereocenters. The van der Waals surface area contributed by atoms with Crippen molar-refractivity contribution >= 4 is 21.6 Å². The molecule has 0 fully saturated rings. The molecule has 0 radical (unpaired) electrons. The number of benzene rings is 1. The summed E-state index contributed by atoms with van der Waals surface area (Å²) in [4.78, 5) is 13.4. The average Bonchev–Trinajstić information content (AvgIpc) is 3.10. The van der Waals surface area contributed by atoms with E-state index in [1.807, 2.05) is 0 Å². The summed E-state index contributed by atoms with van der Waals surface area (Å²) in [6.07, 6.45) is 0.662. The summed E-state index contributed by atoms with van der Waals surface area (Å²) >= 11 is 0. The standard InChI is InChI=1S/C16H18N2O4S/c1-11-3-4-14(22-11)10-17-23(20,21)15-5-6-16-13(9-15)7-8-18(16)12(2)19/h3-6,9,17H,7-8,10H2,1-2H3. The summed E-state index contributed by atoms with van der Waals surface area (Å²) in [6, 6.07) is 8.37. The number of aryl methyl sites for hydroxylation is 1. The molecule has 0 spiro atoms. The Bertz CT molecular complexity index is 855. The lowest BCUT2D eigenvalue weighted by molar-refractivity contribution is -0.116. The first-order chi connectivity index (χ1) is 10.9. The predicted octanol–water partition coefficient (Wildman–Crippen LogP) is 1.98. The zero-order valence-corrected chi connectivity index (χ0v) is 13.8. The largest absolute Gasteiger partial charge is 0.465 e. The summed E-state index contributed by atoms with van der Waals surface area (Å²) in [5.41, 5.74) is 1.66. The molecule has 2 heterocycles. The highest BCUT2D eigenvalue weighted by atomic mass is 32.2. The number of carbonyl (C=O) groups is 1. The number of carbonyl (C=O) groups excluding carboxylic acids is 1. The minimum atomic E-state index is -3.62. The summed E-state index contributed by atoms with van der Waals surface area (Å²) in [6.45, 7) is 4.01. The molecule has 0 bridgehead atoms. The topological polar surface area (TPSA) is 79.6 Å². The molecule has 0 aliphatic carbocycles. The summed E-state index contributed by atoms with van der Waals surface area (Å²) in [5.74, 6) is 1.27. The number of nitrogens with one attached hydrogen (secondary N) is 1. The third kappa shape index (κ3) is 3.16. The van der Waals surface area contributed by atoms with Crippen LogP contribution in [0.3, 0.4) is 0 Å². The van der Waals surface area contributed by atoms with Crippen molar-refractivity contribution in [2.24, 2.45) is 0 Å². The van der Waals surface area contributed by atoms with Crippen LogP contribution >= 0.6 is 0 Å². The minimum absolute atomic E-state index is 0.0364. The van der Waals surface area contributed by atoms with E-state index in [0.717, 1.165) is 17.0 Å². The molecule has 1 aromatic carbocycles. The summed E-state index contributed by atoms with van der Waals surface area (Å²) in [5, 5.41) is 0. The Labute approximate surface area is 135 Å². The Kier molecular flexibility index (Phi) is 3.99. The maximum atomic E-state index is 12.4. The van der Waals surface area contributed by atoms with Crippen molar-refractivity contribution in [3.8, 4) is 0 Å². The van der Waals surface area contributed by atoms with Crippen LogP contribution in [0, 0.1) is 6.92 Å². The maximum Gasteiger partial charge on any atom is 0.240 e. The van der Waals surface area contributed by atoms with Gasteiger partial charge in [0, 0.05) is 19.2 Å². The van der Waals surface area contributed by atoms with E-state index < -0.39 is 10.0 Å².